The van der Waals surface area contributed by atoms with Crippen molar-refractivity contribution in [2.45, 2.75) is 0 Å². The van der Waals surface area contributed by atoms with Crippen molar-refractivity contribution in [3.63, 3.8) is 0 Å². The first-order valence-electron chi connectivity index (χ1n) is 6.47. The predicted molar refractivity (Wildman–Crippen MR) is 81.9 cm³/mol. The average Bonchev–Trinajstić information content (AvgIpc) is 2.94. The van der Waals surface area contributed by atoms with E-state index < -0.39 is 5.69 Å². The number of aryl methyl sites for hydroxylation is 1. The second-order valence-electron chi connectivity index (χ2n) is 4.79. The Morgan fingerprint density at radius 2 is 1.76 bits per heavy atom. The van der Waals surface area contributed by atoms with E-state index in [0.717, 1.165) is 10.1 Å². The van der Waals surface area contributed by atoms with Crippen LogP contribution in [0.5, 0.6) is 0 Å². The molecule has 0 fully saturated rings. The third kappa shape index (κ3) is 2.10. The monoisotopic (exact) mass is 282 g/mol. The van der Waals surface area contributed by atoms with E-state index in [4.69, 9.17) is 0 Å². The van der Waals surface area contributed by atoms with E-state index in [9.17, 15) is 9.59 Å². The number of H-pyrrole nitrogens is 1. The van der Waals surface area contributed by atoms with Gasteiger partial charge in [0.2, 0.25) is 0 Å². The molecule has 21 heavy (non-hydrogen) atoms. The van der Waals surface area contributed by atoms with Gasteiger partial charge in [0.15, 0.2) is 5.65 Å². The lowest BCUT2D eigenvalue weighted by molar-refractivity contribution is 0.708. The molecule has 6 nitrogen and oxygen atoms in total. The molecule has 106 valence electrons. The van der Waals surface area contributed by atoms with E-state index in [1.807, 2.05) is 36.4 Å². The average molecular weight is 282 g/mol. The van der Waals surface area contributed by atoms with Gasteiger partial charge in [-0.25, -0.2) is 4.79 Å². The van der Waals surface area contributed by atoms with Gasteiger partial charge in [0.1, 0.15) is 5.39 Å². The first kappa shape index (κ1) is 13.1. The van der Waals surface area contributed by atoms with E-state index >= 15 is 0 Å². The van der Waals surface area contributed by atoms with Crippen LogP contribution in [0, 0.1) is 0 Å². The van der Waals surface area contributed by atoms with Gasteiger partial charge in [0.05, 0.1) is 5.69 Å². The summed E-state index contributed by atoms with van der Waals surface area (Å²) in [6.07, 6.45) is 3.67. The van der Waals surface area contributed by atoms with Gasteiger partial charge >= 0.3 is 5.69 Å². The molecule has 0 bridgehead atoms. The fourth-order valence-electron chi connectivity index (χ4n) is 2.23. The van der Waals surface area contributed by atoms with Gasteiger partial charge in [0.25, 0.3) is 5.56 Å². The van der Waals surface area contributed by atoms with Gasteiger partial charge in [-0.3, -0.25) is 19.0 Å². The Kier molecular flexibility index (Phi) is 3.06. The summed E-state index contributed by atoms with van der Waals surface area (Å²) in [5.74, 6) is 0. The molecular weight excluding hydrogens is 268 g/mol. The Labute approximate surface area is 120 Å². The summed E-state index contributed by atoms with van der Waals surface area (Å²) in [6.45, 7) is 0. The number of benzene rings is 1. The Morgan fingerprint density at radius 1 is 1.05 bits per heavy atom. The highest BCUT2D eigenvalue weighted by atomic mass is 16.2. The lowest BCUT2D eigenvalue weighted by Crippen LogP contribution is -2.36. The van der Waals surface area contributed by atoms with Crippen molar-refractivity contribution in [1.29, 1.82) is 0 Å². The number of hydrogen-bond acceptors (Lipinski definition) is 3. The third-order valence-corrected chi connectivity index (χ3v) is 3.43. The van der Waals surface area contributed by atoms with Crippen LogP contribution in [-0.4, -0.2) is 19.3 Å². The van der Waals surface area contributed by atoms with Crippen LogP contribution < -0.4 is 11.2 Å². The number of aromatic amines is 1. The van der Waals surface area contributed by atoms with Crippen molar-refractivity contribution in [2.75, 3.05) is 0 Å². The van der Waals surface area contributed by atoms with Crippen LogP contribution in [0.25, 0.3) is 23.2 Å². The fraction of sp³-hybridized carbons (Fsp3) is 0.133. The van der Waals surface area contributed by atoms with Crippen molar-refractivity contribution < 1.29 is 0 Å². The van der Waals surface area contributed by atoms with E-state index in [1.54, 1.807) is 13.1 Å². The summed E-state index contributed by atoms with van der Waals surface area (Å²) >= 11 is 0. The smallest absolute Gasteiger partial charge is 0.279 e. The SMILES string of the molecule is Cn1c(=O)c2c(/C=C/c3ccccc3)[nH]nc2n(C)c1=O. The van der Waals surface area contributed by atoms with Gasteiger partial charge in [0, 0.05) is 14.1 Å². The largest absolute Gasteiger partial charge is 0.332 e. The molecule has 0 aliphatic carbocycles. The highest BCUT2D eigenvalue weighted by Crippen LogP contribution is 2.13. The van der Waals surface area contributed by atoms with Gasteiger partial charge in [-0.2, -0.15) is 5.10 Å². The Balaban J connectivity index is 2.20. The summed E-state index contributed by atoms with van der Waals surface area (Å²) in [5, 5.41) is 7.29. The van der Waals surface area contributed by atoms with Gasteiger partial charge in [-0.05, 0) is 11.6 Å². The van der Waals surface area contributed by atoms with E-state index in [-0.39, 0.29) is 5.56 Å². The van der Waals surface area contributed by atoms with Crippen LogP contribution in [0.4, 0.5) is 0 Å². The van der Waals surface area contributed by atoms with Crippen molar-refractivity contribution in [1.82, 2.24) is 19.3 Å². The number of aromatic nitrogens is 4. The number of nitrogens with one attached hydrogen (secondary N) is 1. The molecule has 2 aromatic heterocycles. The molecule has 2 heterocycles. The van der Waals surface area contributed by atoms with Crippen molar-refractivity contribution >= 4 is 23.2 Å². The van der Waals surface area contributed by atoms with Crippen LogP contribution in [0.15, 0.2) is 39.9 Å². The molecule has 0 saturated heterocycles. The molecule has 0 radical (unpaired) electrons. The molecule has 0 spiro atoms. The topological polar surface area (TPSA) is 72.7 Å². The van der Waals surface area contributed by atoms with Crippen molar-refractivity contribution in [3.8, 4) is 0 Å². The molecule has 0 amide bonds. The lowest BCUT2D eigenvalue weighted by Gasteiger charge is -2.01. The van der Waals surface area contributed by atoms with E-state index in [1.165, 1.54) is 11.6 Å². The number of rotatable bonds is 2. The van der Waals surface area contributed by atoms with Crippen LogP contribution in [-0.2, 0) is 14.1 Å². The highest BCUT2D eigenvalue weighted by molar-refractivity contribution is 5.86. The second kappa shape index (κ2) is 4.90. The zero-order chi connectivity index (χ0) is 15.0. The molecular formula is C15H14N4O2. The van der Waals surface area contributed by atoms with Crippen LogP contribution in [0.1, 0.15) is 11.3 Å². The molecule has 0 unspecified atom stereocenters. The summed E-state index contributed by atoms with van der Waals surface area (Å²) < 4.78 is 2.44. The van der Waals surface area contributed by atoms with E-state index in [0.29, 0.717) is 16.7 Å². The number of hydrogen-bond donors (Lipinski definition) is 1. The summed E-state index contributed by atoms with van der Waals surface area (Å²) in [5.41, 5.74) is 1.22. The van der Waals surface area contributed by atoms with E-state index in [2.05, 4.69) is 10.2 Å². The molecule has 0 aliphatic rings. The maximum absolute atomic E-state index is 12.3. The Hall–Kier alpha value is -2.89. The van der Waals surface area contributed by atoms with Gasteiger partial charge < -0.3 is 0 Å². The molecule has 1 aromatic carbocycles. The van der Waals surface area contributed by atoms with Crippen LogP contribution >= 0.6 is 0 Å². The minimum Gasteiger partial charge on any atom is -0.279 e. The Morgan fingerprint density at radius 3 is 2.48 bits per heavy atom. The molecule has 1 N–H and O–H groups in total. The number of nitrogens with zero attached hydrogens (tertiary/aromatic N) is 3. The molecule has 3 aromatic rings. The van der Waals surface area contributed by atoms with Gasteiger partial charge in [-0.15, -0.1) is 0 Å². The summed E-state index contributed by atoms with van der Waals surface area (Å²) in [6, 6.07) is 9.74. The molecule has 0 saturated carbocycles. The van der Waals surface area contributed by atoms with Crippen molar-refractivity contribution in [3.05, 3.63) is 62.4 Å². The predicted octanol–water partition coefficient (Wildman–Crippen LogP) is 1.13. The molecule has 0 aliphatic heterocycles. The highest BCUT2D eigenvalue weighted by Gasteiger charge is 2.13. The first-order chi connectivity index (χ1) is 10.1. The summed E-state index contributed by atoms with van der Waals surface area (Å²) in [7, 11) is 3.05. The van der Waals surface area contributed by atoms with Crippen molar-refractivity contribution in [2.24, 2.45) is 14.1 Å². The van der Waals surface area contributed by atoms with Crippen LogP contribution in [0.2, 0.25) is 0 Å². The molecule has 0 atom stereocenters. The quantitative estimate of drug-likeness (QED) is 0.766. The molecule has 3 rings (SSSR count). The Bertz CT molecular complexity index is 945. The lowest BCUT2D eigenvalue weighted by atomic mass is 10.2. The zero-order valence-electron chi connectivity index (χ0n) is 11.7. The fourth-order valence-corrected chi connectivity index (χ4v) is 2.23. The maximum Gasteiger partial charge on any atom is 0.332 e. The standard InChI is InChI=1S/C15H14N4O2/c1-18-13-12(14(20)19(2)15(18)21)11(16-17-13)9-8-10-6-4-3-5-7-10/h3-9H,1-2H3,(H,16,17)/b9-8+. The maximum atomic E-state index is 12.3. The summed E-state index contributed by atoms with van der Waals surface area (Å²) in [4.78, 5) is 24.1. The van der Waals surface area contributed by atoms with Gasteiger partial charge in [-0.1, -0.05) is 36.4 Å². The number of fused-ring (bicyclic) bond motifs is 1. The normalized spacial score (nSPS) is 11.5. The minimum absolute atomic E-state index is 0.352. The minimum atomic E-state index is -0.391. The third-order valence-electron chi connectivity index (χ3n) is 3.43. The zero-order valence-corrected chi connectivity index (χ0v) is 11.7. The second-order valence-corrected chi connectivity index (χ2v) is 4.79. The first-order valence-corrected chi connectivity index (χ1v) is 6.47. The molecule has 6 heteroatoms. The van der Waals surface area contributed by atoms with Crippen LogP contribution in [0.3, 0.4) is 0 Å².